The summed E-state index contributed by atoms with van der Waals surface area (Å²) >= 11 is 0. The predicted octanol–water partition coefficient (Wildman–Crippen LogP) is 3.74. The van der Waals surface area contributed by atoms with E-state index in [1.807, 2.05) is 6.92 Å². The van der Waals surface area contributed by atoms with Gasteiger partial charge in [-0.3, -0.25) is 4.98 Å². The molecule has 0 spiro atoms. The van der Waals surface area contributed by atoms with E-state index >= 15 is 0 Å². The Bertz CT molecular complexity index is 453. The summed E-state index contributed by atoms with van der Waals surface area (Å²) in [6.45, 7) is 9.12. The van der Waals surface area contributed by atoms with Crippen LogP contribution < -0.4 is 5.32 Å². The SMILES string of the molecule is Cc1cc(C)c(C(C)NCC2(O)CCCCCC2)c(C)n1. The van der Waals surface area contributed by atoms with Crippen LogP contribution in [-0.2, 0) is 0 Å². The summed E-state index contributed by atoms with van der Waals surface area (Å²) in [5.41, 5.74) is 4.21. The maximum atomic E-state index is 10.8. The molecule has 118 valence electrons. The smallest absolute Gasteiger partial charge is 0.0771 e. The van der Waals surface area contributed by atoms with Crippen LogP contribution in [0, 0.1) is 20.8 Å². The van der Waals surface area contributed by atoms with Crippen molar-refractivity contribution in [1.29, 1.82) is 0 Å². The molecule has 0 saturated heterocycles. The van der Waals surface area contributed by atoms with Gasteiger partial charge in [-0.15, -0.1) is 0 Å². The molecule has 1 heterocycles. The van der Waals surface area contributed by atoms with Gasteiger partial charge in [-0.1, -0.05) is 25.7 Å². The van der Waals surface area contributed by atoms with E-state index in [4.69, 9.17) is 0 Å². The van der Waals surface area contributed by atoms with Crippen LogP contribution in [0.2, 0.25) is 0 Å². The van der Waals surface area contributed by atoms with Crippen LogP contribution in [0.15, 0.2) is 6.07 Å². The summed E-state index contributed by atoms with van der Waals surface area (Å²) in [4.78, 5) is 4.58. The Labute approximate surface area is 129 Å². The Hall–Kier alpha value is -0.930. The topological polar surface area (TPSA) is 45.1 Å². The quantitative estimate of drug-likeness (QED) is 0.830. The van der Waals surface area contributed by atoms with Crippen LogP contribution >= 0.6 is 0 Å². The van der Waals surface area contributed by atoms with Crippen molar-refractivity contribution in [2.75, 3.05) is 6.54 Å². The van der Waals surface area contributed by atoms with E-state index in [9.17, 15) is 5.11 Å². The average molecular weight is 290 g/mol. The molecule has 21 heavy (non-hydrogen) atoms. The summed E-state index contributed by atoms with van der Waals surface area (Å²) in [7, 11) is 0. The van der Waals surface area contributed by atoms with Crippen molar-refractivity contribution in [3.63, 3.8) is 0 Å². The van der Waals surface area contributed by atoms with E-state index in [-0.39, 0.29) is 6.04 Å². The Kier molecular flexibility index (Phi) is 5.39. The third-order valence-electron chi connectivity index (χ3n) is 4.79. The van der Waals surface area contributed by atoms with Gasteiger partial charge in [0.15, 0.2) is 0 Å². The molecule has 0 bridgehead atoms. The predicted molar refractivity (Wildman–Crippen MR) is 87.5 cm³/mol. The van der Waals surface area contributed by atoms with E-state index in [1.165, 1.54) is 24.0 Å². The Morgan fingerprint density at radius 2 is 1.81 bits per heavy atom. The first-order valence-corrected chi connectivity index (χ1v) is 8.32. The lowest BCUT2D eigenvalue weighted by atomic mass is 9.93. The van der Waals surface area contributed by atoms with Crippen LogP contribution in [0.1, 0.15) is 74.0 Å². The molecule has 2 N–H and O–H groups in total. The zero-order valence-corrected chi connectivity index (χ0v) is 14.0. The van der Waals surface area contributed by atoms with Gasteiger partial charge in [0.1, 0.15) is 0 Å². The highest BCUT2D eigenvalue weighted by Crippen LogP contribution is 2.28. The first-order chi connectivity index (χ1) is 9.91. The Balaban J connectivity index is 2.03. The second-order valence-electron chi connectivity index (χ2n) is 6.82. The molecular formula is C18H30N2O. The zero-order chi connectivity index (χ0) is 15.5. The molecule has 0 amide bonds. The van der Waals surface area contributed by atoms with Crippen LogP contribution in [0.3, 0.4) is 0 Å². The van der Waals surface area contributed by atoms with Gasteiger partial charge in [0.2, 0.25) is 0 Å². The summed E-state index contributed by atoms with van der Waals surface area (Å²) in [5, 5.41) is 14.3. The lowest BCUT2D eigenvalue weighted by Crippen LogP contribution is -2.41. The highest BCUT2D eigenvalue weighted by Gasteiger charge is 2.28. The second-order valence-corrected chi connectivity index (χ2v) is 6.82. The van der Waals surface area contributed by atoms with Crippen LogP contribution in [0.5, 0.6) is 0 Å². The molecule has 0 aromatic carbocycles. The van der Waals surface area contributed by atoms with Gasteiger partial charge in [-0.2, -0.15) is 0 Å². The minimum absolute atomic E-state index is 0.227. The van der Waals surface area contributed by atoms with E-state index in [1.54, 1.807) is 0 Å². The third kappa shape index (κ3) is 4.27. The lowest BCUT2D eigenvalue weighted by molar-refractivity contribution is 0.0231. The molecule has 1 fully saturated rings. The van der Waals surface area contributed by atoms with Crippen LogP contribution in [0.25, 0.3) is 0 Å². The fourth-order valence-electron chi connectivity index (χ4n) is 3.70. The Morgan fingerprint density at radius 3 is 2.38 bits per heavy atom. The molecule has 3 nitrogen and oxygen atoms in total. The maximum absolute atomic E-state index is 10.8. The number of pyridine rings is 1. The fraction of sp³-hybridized carbons (Fsp3) is 0.722. The van der Waals surface area contributed by atoms with Crippen LogP contribution in [-0.4, -0.2) is 22.2 Å². The average Bonchev–Trinajstić information content (AvgIpc) is 2.61. The largest absolute Gasteiger partial charge is 0.389 e. The van der Waals surface area contributed by atoms with Crippen LogP contribution in [0.4, 0.5) is 0 Å². The fourth-order valence-corrected chi connectivity index (χ4v) is 3.70. The molecule has 1 saturated carbocycles. The van der Waals surface area contributed by atoms with Gasteiger partial charge in [0.05, 0.1) is 5.60 Å². The van der Waals surface area contributed by atoms with Crippen molar-refractivity contribution in [2.45, 2.75) is 77.9 Å². The minimum Gasteiger partial charge on any atom is -0.389 e. The van der Waals surface area contributed by atoms with E-state index < -0.39 is 5.60 Å². The third-order valence-corrected chi connectivity index (χ3v) is 4.79. The molecule has 2 rings (SSSR count). The normalized spacial score (nSPS) is 20.0. The van der Waals surface area contributed by atoms with Crippen molar-refractivity contribution in [2.24, 2.45) is 0 Å². The molecule has 0 radical (unpaired) electrons. The van der Waals surface area contributed by atoms with Crippen molar-refractivity contribution in [3.8, 4) is 0 Å². The molecule has 3 heteroatoms. The summed E-state index contributed by atoms with van der Waals surface area (Å²) < 4.78 is 0. The first kappa shape index (κ1) is 16.4. The molecule has 1 aliphatic carbocycles. The van der Waals surface area contributed by atoms with Gasteiger partial charge in [-0.25, -0.2) is 0 Å². The highest BCUT2D eigenvalue weighted by molar-refractivity contribution is 5.33. The number of rotatable bonds is 4. The molecule has 1 unspecified atom stereocenters. The van der Waals surface area contributed by atoms with Gasteiger partial charge >= 0.3 is 0 Å². The number of aromatic nitrogens is 1. The van der Waals surface area contributed by atoms with Crippen molar-refractivity contribution >= 4 is 0 Å². The molecule has 1 aromatic heterocycles. The number of aryl methyl sites for hydroxylation is 3. The highest BCUT2D eigenvalue weighted by atomic mass is 16.3. The molecule has 1 aromatic rings. The minimum atomic E-state index is -0.523. The van der Waals surface area contributed by atoms with E-state index in [2.05, 4.69) is 37.1 Å². The molecule has 1 aliphatic rings. The lowest BCUT2D eigenvalue weighted by Gasteiger charge is -2.29. The second kappa shape index (κ2) is 6.89. The van der Waals surface area contributed by atoms with E-state index in [0.717, 1.165) is 37.1 Å². The maximum Gasteiger partial charge on any atom is 0.0771 e. The number of aliphatic hydroxyl groups is 1. The van der Waals surface area contributed by atoms with Gasteiger partial charge in [0, 0.05) is 24.0 Å². The number of hydrogen-bond donors (Lipinski definition) is 2. The van der Waals surface area contributed by atoms with E-state index in [0.29, 0.717) is 6.54 Å². The molecule has 0 aliphatic heterocycles. The summed E-state index contributed by atoms with van der Waals surface area (Å²) in [6.07, 6.45) is 6.68. The monoisotopic (exact) mass is 290 g/mol. The number of hydrogen-bond acceptors (Lipinski definition) is 3. The zero-order valence-electron chi connectivity index (χ0n) is 14.0. The van der Waals surface area contributed by atoms with Gasteiger partial charge in [0.25, 0.3) is 0 Å². The first-order valence-electron chi connectivity index (χ1n) is 8.32. The van der Waals surface area contributed by atoms with Crippen molar-refractivity contribution in [1.82, 2.24) is 10.3 Å². The molecular weight excluding hydrogens is 260 g/mol. The van der Waals surface area contributed by atoms with Crippen molar-refractivity contribution < 1.29 is 5.11 Å². The number of nitrogens with one attached hydrogen (secondary N) is 1. The molecule has 1 atom stereocenters. The Morgan fingerprint density at radius 1 is 1.19 bits per heavy atom. The van der Waals surface area contributed by atoms with Gasteiger partial charge < -0.3 is 10.4 Å². The van der Waals surface area contributed by atoms with Crippen molar-refractivity contribution in [3.05, 3.63) is 28.6 Å². The summed E-state index contributed by atoms with van der Waals surface area (Å²) in [6, 6.07) is 2.37. The standard InChI is InChI=1S/C18H30N2O/c1-13-11-14(2)20-16(4)17(13)15(3)19-12-18(21)9-7-5-6-8-10-18/h11,15,19,21H,5-10,12H2,1-4H3. The summed E-state index contributed by atoms with van der Waals surface area (Å²) in [5.74, 6) is 0. The number of nitrogens with zero attached hydrogens (tertiary/aromatic N) is 1. The van der Waals surface area contributed by atoms with Gasteiger partial charge in [-0.05, 0) is 57.7 Å².